The highest BCUT2D eigenvalue weighted by molar-refractivity contribution is 6.79. The summed E-state index contributed by atoms with van der Waals surface area (Å²) >= 11 is 13.0. The topological polar surface area (TPSA) is 31.4 Å². The van der Waals surface area contributed by atoms with Crippen LogP contribution in [-0.4, -0.2) is 19.0 Å². The molecule has 33 heavy (non-hydrogen) atoms. The minimum absolute atomic E-state index is 0.388. The summed E-state index contributed by atoms with van der Waals surface area (Å²) < 4.78 is 12.2. The minimum atomic E-state index is -0.434. The van der Waals surface area contributed by atoms with Crippen molar-refractivity contribution in [2.24, 2.45) is 0 Å². The minimum Gasteiger partial charge on any atom is -0.497 e. The third-order valence-electron chi connectivity index (χ3n) is 5.64. The number of aromatic nitrogens is 1. The van der Waals surface area contributed by atoms with E-state index >= 15 is 0 Å². The molecule has 0 aliphatic heterocycles. The van der Waals surface area contributed by atoms with Crippen LogP contribution in [0.4, 0.5) is 0 Å². The van der Waals surface area contributed by atoms with Gasteiger partial charge in [-0.2, -0.15) is 0 Å². The fraction of sp³-hybridized carbons (Fsp3) is 0.148. The van der Waals surface area contributed by atoms with Crippen molar-refractivity contribution < 1.29 is 9.39 Å². The Labute approximate surface area is 205 Å². The smallest absolute Gasteiger partial charge is 0.381 e. The lowest BCUT2D eigenvalue weighted by Gasteiger charge is -2.25. The molecule has 4 rings (SSSR count). The number of aryl methyl sites for hydroxylation is 2. The second kappa shape index (κ2) is 10.4. The number of pyridine rings is 1. The summed E-state index contributed by atoms with van der Waals surface area (Å²) in [5.74, 6) is 0.783. The van der Waals surface area contributed by atoms with Crippen LogP contribution < -0.4 is 15.8 Å². The van der Waals surface area contributed by atoms with E-state index in [1.165, 1.54) is 0 Å². The number of benzene rings is 3. The second-order valence-corrected chi connectivity index (χ2v) is 8.76. The molecule has 0 amide bonds. The first-order chi connectivity index (χ1) is 16.0. The molecule has 3 aromatic carbocycles. The van der Waals surface area contributed by atoms with E-state index in [2.05, 4.69) is 4.98 Å². The second-order valence-electron chi connectivity index (χ2n) is 7.94. The van der Waals surface area contributed by atoms with Crippen molar-refractivity contribution in [1.82, 2.24) is 4.98 Å². The molecule has 1 unspecified atom stereocenters. The molecule has 4 aromatic rings. The molecule has 3 nitrogen and oxygen atoms in total. The molecule has 166 valence electrons. The van der Waals surface area contributed by atoms with Crippen molar-refractivity contribution in [2.75, 3.05) is 7.11 Å². The van der Waals surface area contributed by atoms with Crippen molar-refractivity contribution in [3.05, 3.63) is 117 Å². The zero-order valence-corrected chi connectivity index (χ0v) is 20.3. The van der Waals surface area contributed by atoms with Crippen molar-refractivity contribution in [3.63, 3.8) is 0 Å². The first-order valence-corrected chi connectivity index (χ1v) is 11.4. The molecule has 0 spiro atoms. The van der Waals surface area contributed by atoms with Gasteiger partial charge in [0.25, 0.3) is 0 Å². The third-order valence-corrected chi connectivity index (χ3v) is 6.46. The van der Waals surface area contributed by atoms with E-state index in [1.54, 1.807) is 13.3 Å². The van der Waals surface area contributed by atoms with Gasteiger partial charge in [-0.3, -0.25) is 4.98 Å². The largest absolute Gasteiger partial charge is 0.497 e. The number of hydrogen-bond donors (Lipinski definition) is 0. The summed E-state index contributed by atoms with van der Waals surface area (Å²) in [6.45, 7) is 3.54. The average molecular weight is 476 g/mol. The Morgan fingerprint density at radius 2 is 1.45 bits per heavy atom. The van der Waals surface area contributed by atoms with E-state index in [9.17, 15) is 0 Å². The van der Waals surface area contributed by atoms with Crippen LogP contribution in [0, 0.1) is 13.8 Å². The van der Waals surface area contributed by atoms with Crippen molar-refractivity contribution in [2.45, 2.75) is 20.0 Å². The van der Waals surface area contributed by atoms with Gasteiger partial charge in [-0.05, 0) is 78.0 Å². The zero-order chi connectivity index (χ0) is 23.4. The molecule has 1 aromatic heterocycles. The monoisotopic (exact) mass is 475 g/mol. The first kappa shape index (κ1) is 23.4. The standard InChI is InChI=1S/C27H24BCl2NO2/c1-18-7-9-21(16-24(18)29)27(20-10-13-23(32-3)14-11-20)33-28(26-6-4-5-15-31-26)22-12-8-19(2)25(30)17-22/h4-17,27H,1-3H3. The van der Waals surface area contributed by atoms with Gasteiger partial charge < -0.3 is 9.39 Å². The van der Waals surface area contributed by atoms with Crippen LogP contribution in [0.25, 0.3) is 0 Å². The highest BCUT2D eigenvalue weighted by Crippen LogP contribution is 2.31. The van der Waals surface area contributed by atoms with Gasteiger partial charge in [0.2, 0.25) is 0 Å². The Kier molecular flexibility index (Phi) is 7.39. The fourth-order valence-electron chi connectivity index (χ4n) is 3.66. The molecule has 1 atom stereocenters. The summed E-state index contributed by atoms with van der Waals surface area (Å²) in [5.41, 5.74) is 5.69. The Morgan fingerprint density at radius 3 is 2.06 bits per heavy atom. The van der Waals surface area contributed by atoms with Crippen LogP contribution in [0.1, 0.15) is 28.4 Å². The summed E-state index contributed by atoms with van der Waals surface area (Å²) in [6.07, 6.45) is 1.38. The van der Waals surface area contributed by atoms with Gasteiger partial charge in [0.05, 0.1) is 13.2 Å². The van der Waals surface area contributed by atoms with E-state index < -0.39 is 6.92 Å². The third kappa shape index (κ3) is 5.41. The van der Waals surface area contributed by atoms with Gasteiger partial charge >= 0.3 is 6.92 Å². The molecule has 1 heterocycles. The van der Waals surface area contributed by atoms with Gasteiger partial charge in [0.15, 0.2) is 0 Å². The van der Waals surface area contributed by atoms with E-state index in [0.717, 1.165) is 39.1 Å². The Hall–Kier alpha value is -2.79. The molecule has 0 aliphatic rings. The Bertz CT molecular complexity index is 1230. The average Bonchev–Trinajstić information content (AvgIpc) is 2.84. The normalized spacial score (nSPS) is 11.8. The Morgan fingerprint density at radius 1 is 0.788 bits per heavy atom. The van der Waals surface area contributed by atoms with Gasteiger partial charge in [-0.15, -0.1) is 0 Å². The zero-order valence-electron chi connectivity index (χ0n) is 18.8. The van der Waals surface area contributed by atoms with Crippen LogP contribution in [0.15, 0.2) is 85.1 Å². The maximum atomic E-state index is 6.84. The number of ether oxygens (including phenoxy) is 1. The Balaban J connectivity index is 1.82. The highest BCUT2D eigenvalue weighted by Gasteiger charge is 2.29. The number of methoxy groups -OCH3 is 1. The van der Waals surface area contributed by atoms with Crippen LogP contribution in [0.5, 0.6) is 5.75 Å². The molecule has 0 N–H and O–H groups in total. The molecule has 0 saturated heterocycles. The van der Waals surface area contributed by atoms with Crippen molar-refractivity contribution in [3.8, 4) is 5.75 Å². The van der Waals surface area contributed by atoms with E-state index in [0.29, 0.717) is 10.0 Å². The van der Waals surface area contributed by atoms with Crippen molar-refractivity contribution in [1.29, 1.82) is 0 Å². The van der Waals surface area contributed by atoms with Gasteiger partial charge in [-0.25, -0.2) is 0 Å². The molecular weight excluding hydrogens is 452 g/mol. The molecule has 6 heteroatoms. The SMILES string of the molecule is COc1ccc(C(OB(c2ccc(C)c(Cl)c2)c2ccccn2)c2ccc(C)c(Cl)c2)cc1. The van der Waals surface area contributed by atoms with Gasteiger partial charge in [-0.1, -0.05) is 65.7 Å². The maximum Gasteiger partial charge on any atom is 0.381 e. The van der Waals surface area contributed by atoms with Gasteiger partial charge in [0.1, 0.15) is 5.75 Å². The van der Waals surface area contributed by atoms with Gasteiger partial charge in [0, 0.05) is 21.8 Å². The van der Waals surface area contributed by atoms with Crippen LogP contribution >= 0.6 is 23.2 Å². The van der Waals surface area contributed by atoms with E-state index in [4.69, 9.17) is 32.6 Å². The lowest BCUT2D eigenvalue weighted by Crippen LogP contribution is -2.47. The summed E-state index contributed by atoms with van der Waals surface area (Å²) in [7, 11) is 1.65. The predicted octanol–water partition coefficient (Wildman–Crippen LogP) is 5.93. The first-order valence-electron chi connectivity index (χ1n) is 10.7. The predicted molar refractivity (Wildman–Crippen MR) is 138 cm³/mol. The molecular formula is C27H24BCl2NO2. The number of hydrogen-bond acceptors (Lipinski definition) is 3. The van der Waals surface area contributed by atoms with Crippen molar-refractivity contribution >= 4 is 41.2 Å². The quantitative estimate of drug-likeness (QED) is 0.310. The maximum absolute atomic E-state index is 6.84. The van der Waals surface area contributed by atoms with Crippen LogP contribution in [-0.2, 0) is 4.65 Å². The fourth-order valence-corrected chi connectivity index (χ4v) is 4.04. The molecule has 0 fully saturated rings. The van der Waals surface area contributed by atoms with E-state index in [1.807, 2.05) is 92.7 Å². The number of rotatable bonds is 7. The summed E-state index contributed by atoms with van der Waals surface area (Å²) in [4.78, 5) is 4.59. The van der Waals surface area contributed by atoms with Crippen LogP contribution in [0.3, 0.4) is 0 Å². The highest BCUT2D eigenvalue weighted by atomic mass is 35.5. The number of halogens is 2. The molecule has 0 radical (unpaired) electrons. The molecule has 0 aliphatic carbocycles. The lowest BCUT2D eigenvalue weighted by molar-refractivity contribution is 0.258. The lowest BCUT2D eigenvalue weighted by atomic mass is 9.57. The molecule has 0 bridgehead atoms. The molecule has 0 saturated carbocycles. The van der Waals surface area contributed by atoms with Crippen LogP contribution in [0.2, 0.25) is 10.0 Å². The number of nitrogens with zero attached hydrogens (tertiary/aromatic N) is 1. The summed E-state index contributed by atoms with van der Waals surface area (Å²) in [6, 6.07) is 25.7. The van der Waals surface area contributed by atoms with E-state index in [-0.39, 0.29) is 6.10 Å². The summed E-state index contributed by atoms with van der Waals surface area (Å²) in [5, 5.41) is 1.39.